The average Bonchev–Trinajstić information content (AvgIpc) is 3.32. The Morgan fingerprint density at radius 2 is 1.90 bits per heavy atom. The smallest absolute Gasteiger partial charge is 0.277 e. The van der Waals surface area contributed by atoms with Crippen molar-refractivity contribution in [2.75, 3.05) is 5.32 Å². The van der Waals surface area contributed by atoms with Crippen molar-refractivity contribution in [3.05, 3.63) is 81.2 Å². The number of benzene rings is 2. The lowest BCUT2D eigenvalue weighted by Crippen LogP contribution is -2.13. The number of carbonyl (C=O) groups excluding carboxylic acids is 1. The third-order valence-corrected chi connectivity index (χ3v) is 5.59. The van der Waals surface area contributed by atoms with Crippen LogP contribution in [0.1, 0.15) is 27.4 Å². The van der Waals surface area contributed by atoms with Crippen LogP contribution in [0.5, 0.6) is 5.75 Å². The molecule has 2 heterocycles. The van der Waals surface area contributed by atoms with Gasteiger partial charge in [0.1, 0.15) is 5.75 Å². The van der Waals surface area contributed by atoms with Gasteiger partial charge >= 0.3 is 0 Å². The molecule has 0 unspecified atom stereocenters. The number of aromatic nitrogens is 3. The average molecular weight is 457 g/mol. The van der Waals surface area contributed by atoms with Crippen LogP contribution in [0.2, 0.25) is 10.0 Å². The number of halogens is 2. The molecule has 1 amide bonds. The maximum Gasteiger partial charge on any atom is 0.277 e. The second-order valence-electron chi connectivity index (χ2n) is 7.00. The summed E-state index contributed by atoms with van der Waals surface area (Å²) in [6, 6.07) is 13.5. The molecule has 0 saturated heterocycles. The number of amides is 1. The summed E-state index contributed by atoms with van der Waals surface area (Å²) in [6.07, 6.45) is 0. The summed E-state index contributed by atoms with van der Waals surface area (Å²) in [5, 5.41) is 22.1. The highest BCUT2D eigenvalue weighted by atomic mass is 35.5. The molecule has 0 bridgehead atoms. The van der Waals surface area contributed by atoms with E-state index in [9.17, 15) is 9.90 Å². The number of phenolic OH excluding ortho intramolecular Hbond substituents is 1. The largest absolute Gasteiger partial charge is 0.507 e. The molecular weight excluding hydrogens is 439 g/mol. The van der Waals surface area contributed by atoms with Gasteiger partial charge in [-0.2, -0.15) is 5.10 Å². The number of hydrogen-bond donors (Lipinski definition) is 2. The summed E-state index contributed by atoms with van der Waals surface area (Å²) < 4.78 is 7.02. The molecule has 0 spiro atoms. The molecule has 0 fully saturated rings. The van der Waals surface area contributed by atoms with Crippen LogP contribution in [0, 0.1) is 13.8 Å². The fourth-order valence-electron chi connectivity index (χ4n) is 3.21. The van der Waals surface area contributed by atoms with Crippen LogP contribution in [-0.2, 0) is 6.54 Å². The molecule has 9 heteroatoms. The number of carbonyl (C=O) groups is 1. The van der Waals surface area contributed by atoms with Gasteiger partial charge in [0.25, 0.3) is 5.91 Å². The Balaban J connectivity index is 1.54. The van der Waals surface area contributed by atoms with E-state index in [0.29, 0.717) is 39.3 Å². The van der Waals surface area contributed by atoms with Crippen molar-refractivity contribution in [1.82, 2.24) is 14.9 Å². The first-order valence-corrected chi connectivity index (χ1v) is 10.1. The summed E-state index contributed by atoms with van der Waals surface area (Å²) >= 11 is 12.1. The zero-order valence-corrected chi connectivity index (χ0v) is 18.2. The van der Waals surface area contributed by atoms with Crippen LogP contribution in [0.15, 0.2) is 53.1 Å². The Bertz CT molecular complexity index is 1280. The first-order valence-electron chi connectivity index (χ1n) is 9.38. The van der Waals surface area contributed by atoms with Crippen LogP contribution < -0.4 is 5.32 Å². The van der Waals surface area contributed by atoms with Crippen molar-refractivity contribution in [1.29, 1.82) is 0 Å². The molecule has 4 rings (SSSR count). The maximum atomic E-state index is 12.7. The Labute approximate surface area is 188 Å². The molecule has 0 atom stereocenters. The van der Waals surface area contributed by atoms with E-state index in [-0.39, 0.29) is 11.4 Å². The Morgan fingerprint density at radius 1 is 1.13 bits per heavy atom. The van der Waals surface area contributed by atoms with Crippen LogP contribution >= 0.6 is 23.2 Å². The maximum absolute atomic E-state index is 12.7. The molecule has 7 nitrogen and oxygen atoms in total. The van der Waals surface area contributed by atoms with Gasteiger partial charge < -0.3 is 14.9 Å². The number of aryl methyl sites for hydroxylation is 1. The molecule has 0 aliphatic carbocycles. The van der Waals surface area contributed by atoms with Crippen LogP contribution in [-0.4, -0.2) is 26.0 Å². The first kappa shape index (κ1) is 21.0. The lowest BCUT2D eigenvalue weighted by atomic mass is 10.1. The lowest BCUT2D eigenvalue weighted by molar-refractivity contribution is 0.101. The summed E-state index contributed by atoms with van der Waals surface area (Å²) in [4.78, 5) is 12.7. The van der Waals surface area contributed by atoms with E-state index in [2.05, 4.69) is 15.6 Å². The number of aromatic hydroxyl groups is 1. The van der Waals surface area contributed by atoms with Crippen LogP contribution in [0.4, 0.5) is 5.69 Å². The van der Waals surface area contributed by atoms with Gasteiger partial charge in [-0.25, -0.2) is 0 Å². The van der Waals surface area contributed by atoms with Gasteiger partial charge in [0.05, 0.1) is 39.2 Å². The Morgan fingerprint density at radius 3 is 2.65 bits per heavy atom. The molecule has 4 aromatic rings. The predicted octanol–water partition coefficient (Wildman–Crippen LogP) is 5.47. The highest BCUT2D eigenvalue weighted by Gasteiger charge is 2.19. The molecule has 158 valence electrons. The second kappa shape index (κ2) is 8.45. The van der Waals surface area contributed by atoms with E-state index in [1.807, 2.05) is 19.9 Å². The molecule has 0 saturated carbocycles. The van der Waals surface area contributed by atoms with Gasteiger partial charge in [-0.3, -0.25) is 9.48 Å². The van der Waals surface area contributed by atoms with Crippen LogP contribution in [0.3, 0.4) is 0 Å². The number of anilines is 1. The van der Waals surface area contributed by atoms with E-state index in [0.717, 1.165) is 11.3 Å². The molecule has 31 heavy (non-hydrogen) atoms. The van der Waals surface area contributed by atoms with Crippen LogP contribution in [0.25, 0.3) is 11.3 Å². The van der Waals surface area contributed by atoms with Gasteiger partial charge in [0.15, 0.2) is 11.5 Å². The molecule has 0 aliphatic rings. The predicted molar refractivity (Wildman–Crippen MR) is 119 cm³/mol. The zero-order chi connectivity index (χ0) is 22.1. The molecule has 2 N–H and O–H groups in total. The number of para-hydroxylation sites is 1. The van der Waals surface area contributed by atoms with E-state index in [4.69, 9.17) is 27.7 Å². The summed E-state index contributed by atoms with van der Waals surface area (Å²) in [5.41, 5.74) is 3.51. The minimum absolute atomic E-state index is 0.0425. The van der Waals surface area contributed by atoms with Gasteiger partial charge in [0, 0.05) is 6.07 Å². The normalized spacial score (nSPS) is 11.0. The Kier molecular flexibility index (Phi) is 5.71. The third kappa shape index (κ3) is 4.28. The lowest BCUT2D eigenvalue weighted by Gasteiger charge is -2.07. The number of rotatable bonds is 5. The fourth-order valence-corrected chi connectivity index (χ4v) is 3.53. The SMILES string of the molecule is Cc1nn(Cc2ccc(Cl)c(Cl)c2)c(C)c1NC(=O)c1cc(-c2ccccc2O)on1. The van der Waals surface area contributed by atoms with Gasteiger partial charge in [-0.15, -0.1) is 0 Å². The van der Waals surface area contributed by atoms with Gasteiger partial charge in [-0.1, -0.05) is 46.6 Å². The summed E-state index contributed by atoms with van der Waals surface area (Å²) in [5.74, 6) is -0.0985. The van der Waals surface area contributed by atoms with Gasteiger partial charge in [0.2, 0.25) is 0 Å². The summed E-state index contributed by atoms with van der Waals surface area (Å²) in [7, 11) is 0. The quantitative estimate of drug-likeness (QED) is 0.415. The molecule has 0 aliphatic heterocycles. The zero-order valence-electron chi connectivity index (χ0n) is 16.7. The molecule has 0 radical (unpaired) electrons. The topological polar surface area (TPSA) is 93.2 Å². The monoisotopic (exact) mass is 456 g/mol. The molecular formula is C22H18Cl2N4O3. The van der Waals surface area contributed by atoms with Crippen molar-refractivity contribution in [2.45, 2.75) is 20.4 Å². The van der Waals surface area contributed by atoms with Crippen molar-refractivity contribution in [3.8, 4) is 17.1 Å². The van der Waals surface area contributed by atoms with E-state index < -0.39 is 5.91 Å². The Hall–Kier alpha value is -3.29. The number of hydrogen-bond acceptors (Lipinski definition) is 5. The highest BCUT2D eigenvalue weighted by Crippen LogP contribution is 2.30. The first-order chi connectivity index (χ1) is 14.8. The summed E-state index contributed by atoms with van der Waals surface area (Å²) in [6.45, 7) is 4.15. The van der Waals surface area contributed by atoms with Crippen molar-refractivity contribution in [3.63, 3.8) is 0 Å². The van der Waals surface area contributed by atoms with Gasteiger partial charge in [-0.05, 0) is 43.7 Å². The van der Waals surface area contributed by atoms with E-state index >= 15 is 0 Å². The number of nitrogens with one attached hydrogen (secondary N) is 1. The van der Waals surface area contributed by atoms with E-state index in [1.165, 1.54) is 12.1 Å². The fraction of sp³-hybridized carbons (Fsp3) is 0.136. The molecule has 2 aromatic heterocycles. The van der Waals surface area contributed by atoms with Crippen molar-refractivity contribution >= 4 is 34.8 Å². The number of phenols is 1. The standard InChI is InChI=1S/C22H18Cl2N4O3/c1-12-21(13(2)28(26-12)11-14-7-8-16(23)17(24)9-14)25-22(30)18-10-20(31-27-18)15-5-3-4-6-19(15)29/h3-10,29H,11H2,1-2H3,(H,25,30). The number of nitrogens with zero attached hydrogens (tertiary/aromatic N) is 3. The van der Waals surface area contributed by atoms with E-state index in [1.54, 1.807) is 35.0 Å². The highest BCUT2D eigenvalue weighted by molar-refractivity contribution is 6.42. The van der Waals surface area contributed by atoms with Crippen molar-refractivity contribution < 1.29 is 14.4 Å². The minimum atomic E-state index is -0.439. The van der Waals surface area contributed by atoms with Crippen molar-refractivity contribution in [2.24, 2.45) is 0 Å². The molecule has 2 aromatic carbocycles. The third-order valence-electron chi connectivity index (χ3n) is 4.85. The minimum Gasteiger partial charge on any atom is -0.507 e. The second-order valence-corrected chi connectivity index (χ2v) is 7.81.